The molecule has 0 N–H and O–H groups in total. The first-order chi connectivity index (χ1) is 13.2. The van der Waals surface area contributed by atoms with E-state index in [1.165, 1.54) is 23.2 Å². The molecule has 4 aliphatic rings. The molecule has 2 heterocycles. The lowest BCUT2D eigenvalue weighted by molar-refractivity contribution is 0.00578. The summed E-state index contributed by atoms with van der Waals surface area (Å²) in [7, 11) is -0.233. The predicted molar refractivity (Wildman–Crippen MR) is 121 cm³/mol. The summed E-state index contributed by atoms with van der Waals surface area (Å²) in [6, 6.07) is 0. The summed E-state index contributed by atoms with van der Waals surface area (Å²) < 4.78 is 12.9. The SMILES string of the molecule is CCCC1C2=C(C=C(B3OC(C)(C)C(C)(C)O3)C1C)SC(C)C1C=CC=CC21. The van der Waals surface area contributed by atoms with E-state index in [9.17, 15) is 0 Å². The second-order valence-corrected chi connectivity index (χ2v) is 11.4. The Labute approximate surface area is 176 Å². The summed E-state index contributed by atoms with van der Waals surface area (Å²) in [4.78, 5) is 1.48. The molecule has 0 aromatic heterocycles. The molecule has 152 valence electrons. The smallest absolute Gasteiger partial charge is 0.400 e. The van der Waals surface area contributed by atoms with Crippen LogP contribution in [0.2, 0.25) is 0 Å². The van der Waals surface area contributed by atoms with Gasteiger partial charge >= 0.3 is 7.12 Å². The van der Waals surface area contributed by atoms with Crippen LogP contribution in [0.4, 0.5) is 0 Å². The van der Waals surface area contributed by atoms with Crippen molar-refractivity contribution in [2.45, 2.75) is 77.8 Å². The van der Waals surface area contributed by atoms with E-state index in [1.807, 2.05) is 0 Å². The van der Waals surface area contributed by atoms with E-state index in [-0.39, 0.29) is 18.3 Å². The van der Waals surface area contributed by atoms with Crippen molar-refractivity contribution >= 4 is 18.9 Å². The van der Waals surface area contributed by atoms with Crippen molar-refractivity contribution < 1.29 is 9.31 Å². The fourth-order valence-electron chi connectivity index (χ4n) is 5.20. The lowest BCUT2D eigenvalue weighted by Gasteiger charge is -2.45. The Balaban J connectivity index is 1.75. The first-order valence-corrected chi connectivity index (χ1v) is 11.9. The molecule has 4 heteroatoms. The summed E-state index contributed by atoms with van der Waals surface area (Å²) in [5.74, 6) is 2.18. The zero-order chi connectivity index (χ0) is 20.3. The topological polar surface area (TPSA) is 18.5 Å². The number of hydrogen-bond acceptors (Lipinski definition) is 3. The van der Waals surface area contributed by atoms with E-state index in [1.54, 1.807) is 5.57 Å². The molecule has 0 radical (unpaired) electrons. The molecule has 2 aliphatic heterocycles. The molecule has 5 unspecified atom stereocenters. The van der Waals surface area contributed by atoms with Gasteiger partial charge in [0.15, 0.2) is 0 Å². The summed E-state index contributed by atoms with van der Waals surface area (Å²) in [6.07, 6.45) is 14.2. The minimum atomic E-state index is -0.290. The van der Waals surface area contributed by atoms with Crippen molar-refractivity contribution in [1.29, 1.82) is 0 Å². The van der Waals surface area contributed by atoms with E-state index >= 15 is 0 Å². The lowest BCUT2D eigenvalue weighted by atomic mass is 9.60. The van der Waals surface area contributed by atoms with Gasteiger partial charge in [-0.05, 0) is 62.9 Å². The Bertz CT molecular complexity index is 745. The van der Waals surface area contributed by atoms with Gasteiger partial charge in [-0.25, -0.2) is 0 Å². The molecule has 5 atom stereocenters. The zero-order valence-electron chi connectivity index (χ0n) is 18.5. The highest BCUT2D eigenvalue weighted by Gasteiger charge is 2.54. The van der Waals surface area contributed by atoms with Gasteiger partial charge in [0.2, 0.25) is 0 Å². The second-order valence-electron chi connectivity index (χ2n) is 9.93. The van der Waals surface area contributed by atoms with Gasteiger partial charge in [-0.3, -0.25) is 0 Å². The van der Waals surface area contributed by atoms with Crippen LogP contribution in [0.5, 0.6) is 0 Å². The van der Waals surface area contributed by atoms with E-state index in [0.717, 1.165) is 0 Å². The van der Waals surface area contributed by atoms with Crippen molar-refractivity contribution in [3.8, 4) is 0 Å². The Morgan fingerprint density at radius 2 is 1.68 bits per heavy atom. The molecule has 28 heavy (non-hydrogen) atoms. The molecule has 0 saturated carbocycles. The molecule has 2 nitrogen and oxygen atoms in total. The van der Waals surface area contributed by atoms with Gasteiger partial charge in [0.25, 0.3) is 0 Å². The van der Waals surface area contributed by atoms with Gasteiger partial charge < -0.3 is 9.31 Å². The average Bonchev–Trinajstić information content (AvgIpc) is 2.85. The van der Waals surface area contributed by atoms with Crippen molar-refractivity contribution in [1.82, 2.24) is 0 Å². The molecule has 2 aliphatic carbocycles. The van der Waals surface area contributed by atoms with Gasteiger partial charge in [0.05, 0.1) is 11.2 Å². The Hall–Kier alpha value is -0.705. The molecule has 0 amide bonds. The maximum Gasteiger partial charge on any atom is 0.490 e. The minimum absolute atomic E-state index is 0.233. The number of rotatable bonds is 3. The Morgan fingerprint density at radius 3 is 2.32 bits per heavy atom. The minimum Gasteiger partial charge on any atom is -0.400 e. The van der Waals surface area contributed by atoms with Crippen LogP contribution >= 0.6 is 11.8 Å². The Kier molecular flexibility index (Phi) is 5.30. The fraction of sp³-hybridized carbons (Fsp3) is 0.667. The van der Waals surface area contributed by atoms with Gasteiger partial charge in [-0.2, -0.15) is 0 Å². The van der Waals surface area contributed by atoms with Crippen LogP contribution in [0, 0.1) is 23.7 Å². The van der Waals surface area contributed by atoms with Gasteiger partial charge in [-0.15, -0.1) is 11.8 Å². The summed E-state index contributed by atoms with van der Waals surface area (Å²) >= 11 is 2.06. The number of fused-ring (bicyclic) bond motifs is 2. The summed E-state index contributed by atoms with van der Waals surface area (Å²) in [5.41, 5.74) is 2.43. The highest BCUT2D eigenvalue weighted by molar-refractivity contribution is 8.03. The van der Waals surface area contributed by atoms with Crippen LogP contribution in [-0.4, -0.2) is 23.6 Å². The summed E-state index contributed by atoms with van der Waals surface area (Å²) in [6.45, 7) is 15.7. The van der Waals surface area contributed by atoms with Crippen LogP contribution in [0.1, 0.15) is 61.3 Å². The molecule has 4 rings (SSSR count). The first kappa shape index (κ1) is 20.6. The molecule has 0 aromatic carbocycles. The van der Waals surface area contributed by atoms with Crippen molar-refractivity contribution in [2.24, 2.45) is 23.7 Å². The molecule has 0 spiro atoms. The number of allylic oxidation sites excluding steroid dienone is 7. The number of thioether (sulfide) groups is 1. The van der Waals surface area contributed by atoms with Gasteiger partial charge in [0, 0.05) is 16.1 Å². The fourth-order valence-corrected chi connectivity index (χ4v) is 6.65. The van der Waals surface area contributed by atoms with E-state index < -0.39 is 0 Å². The summed E-state index contributed by atoms with van der Waals surface area (Å²) in [5, 5.41) is 0.594. The van der Waals surface area contributed by atoms with Crippen LogP contribution in [-0.2, 0) is 9.31 Å². The quantitative estimate of drug-likeness (QED) is 0.516. The second kappa shape index (κ2) is 7.21. The third kappa shape index (κ3) is 3.20. The van der Waals surface area contributed by atoms with Gasteiger partial charge in [-0.1, -0.05) is 57.6 Å². The zero-order valence-corrected chi connectivity index (χ0v) is 19.3. The maximum atomic E-state index is 6.47. The number of hydrogen-bond donors (Lipinski definition) is 0. The van der Waals surface area contributed by atoms with E-state index in [4.69, 9.17) is 9.31 Å². The van der Waals surface area contributed by atoms with Crippen LogP contribution in [0.25, 0.3) is 0 Å². The lowest BCUT2D eigenvalue weighted by Crippen LogP contribution is -2.41. The average molecular weight is 398 g/mol. The molecular formula is C24H35BO2S. The van der Waals surface area contributed by atoms with Crippen LogP contribution in [0.3, 0.4) is 0 Å². The standard InChI is InChI=1S/C24H35BO2S/c1-8-11-17-15(2)20(25-26-23(4,5)24(6,7)27-25)14-21-22(17)19-13-10-9-12-18(19)16(3)28-21/h9-10,12-19H,8,11H2,1-7H3. The normalized spacial score (nSPS) is 38.3. The maximum absolute atomic E-state index is 6.47. The highest BCUT2D eigenvalue weighted by Crippen LogP contribution is 2.54. The molecule has 0 aromatic rings. The third-order valence-corrected chi connectivity index (χ3v) is 8.92. The van der Waals surface area contributed by atoms with E-state index in [0.29, 0.717) is 28.9 Å². The van der Waals surface area contributed by atoms with Crippen molar-refractivity contribution in [3.05, 3.63) is 46.3 Å². The monoisotopic (exact) mass is 398 g/mol. The molecule has 1 saturated heterocycles. The van der Waals surface area contributed by atoms with Crippen molar-refractivity contribution in [2.75, 3.05) is 0 Å². The third-order valence-electron chi connectivity index (χ3n) is 7.63. The Morgan fingerprint density at radius 1 is 1.04 bits per heavy atom. The molecular weight excluding hydrogens is 363 g/mol. The largest absolute Gasteiger partial charge is 0.490 e. The van der Waals surface area contributed by atoms with Crippen molar-refractivity contribution in [3.63, 3.8) is 0 Å². The van der Waals surface area contributed by atoms with Gasteiger partial charge in [0.1, 0.15) is 0 Å². The first-order valence-electron chi connectivity index (χ1n) is 11.0. The van der Waals surface area contributed by atoms with Crippen LogP contribution in [0.15, 0.2) is 46.3 Å². The molecule has 0 bridgehead atoms. The highest BCUT2D eigenvalue weighted by atomic mass is 32.2. The predicted octanol–water partition coefficient (Wildman–Crippen LogP) is 6.36. The van der Waals surface area contributed by atoms with Crippen LogP contribution < -0.4 is 0 Å². The van der Waals surface area contributed by atoms with E-state index in [2.05, 4.69) is 90.6 Å². The molecule has 1 fully saturated rings.